The Hall–Kier alpha value is -6.66. The molecule has 8 bridgehead atoms. The molecule has 4 N–H and O–H groups in total. The molecule has 0 spiro atoms. The minimum atomic E-state index is -0.319. The zero-order chi connectivity index (χ0) is 32.2. The molecular weight excluding hydrogens is 592 g/mol. The molecule has 1 aromatic heterocycles. The van der Waals surface area contributed by atoms with Crippen molar-refractivity contribution in [3.8, 4) is 0 Å². The number of hydrogen-bond acceptors (Lipinski definition) is 2. The first-order chi connectivity index (χ1) is 23.6. The van der Waals surface area contributed by atoms with E-state index >= 15 is 0 Å². The number of fused-ring (bicyclic) bond motifs is 6. The topological polar surface area (TPSA) is 97.3 Å². The van der Waals surface area contributed by atoms with Crippen molar-refractivity contribution < 1.29 is 0 Å². The number of rotatable bonds is 0. The van der Waals surface area contributed by atoms with Gasteiger partial charge in [0.1, 0.15) is 0 Å². The van der Waals surface area contributed by atoms with Crippen molar-refractivity contribution in [2.24, 2.45) is 0 Å². The first-order valence-electron chi connectivity index (χ1n) is 15.8. The van der Waals surface area contributed by atoms with Crippen molar-refractivity contribution in [3.63, 3.8) is 0 Å². The highest BCUT2D eigenvalue weighted by Gasteiger charge is 2.04. The summed E-state index contributed by atoms with van der Waals surface area (Å²) in [5.74, 6) is 0. The van der Waals surface area contributed by atoms with Gasteiger partial charge in [-0.1, -0.05) is 97.1 Å². The molecule has 0 fully saturated rings. The van der Waals surface area contributed by atoms with Gasteiger partial charge < -0.3 is 19.9 Å². The van der Waals surface area contributed by atoms with E-state index in [-0.39, 0.29) is 11.4 Å². The zero-order valence-corrected chi connectivity index (χ0v) is 25.7. The van der Waals surface area contributed by atoms with Crippen molar-refractivity contribution in [2.75, 3.05) is 0 Å². The van der Waals surface area contributed by atoms with Gasteiger partial charge in [0, 0.05) is 21.5 Å². The highest BCUT2D eigenvalue weighted by atomic mass is 16.1. The molecule has 1 heterocycles. The second-order valence-corrected chi connectivity index (χ2v) is 12.1. The molecule has 0 amide bonds. The van der Waals surface area contributed by atoms with Crippen LogP contribution in [0.1, 0.15) is 0 Å². The average molecular weight is 621 g/mol. The molecule has 0 atom stereocenters. The third kappa shape index (κ3) is 4.84. The minimum absolute atomic E-state index is 0.319. The normalized spacial score (nSPS) is 11.5. The van der Waals surface area contributed by atoms with E-state index in [9.17, 15) is 9.59 Å². The molecule has 228 valence electrons. The van der Waals surface area contributed by atoms with Gasteiger partial charge in [0.05, 0.1) is 22.1 Å². The third-order valence-corrected chi connectivity index (χ3v) is 9.19. The number of H-pyrrole nitrogens is 4. The van der Waals surface area contributed by atoms with Gasteiger partial charge in [-0.15, -0.1) is 0 Å². The Morgan fingerprint density at radius 2 is 0.500 bits per heavy atom. The Bertz CT molecular complexity index is 2660. The maximum absolute atomic E-state index is 13.5. The van der Waals surface area contributed by atoms with Crippen molar-refractivity contribution in [1.29, 1.82) is 0 Å². The molecule has 0 saturated heterocycles. The quantitative estimate of drug-likeness (QED) is 0.136. The number of aromatic nitrogens is 4. The fourth-order valence-corrected chi connectivity index (χ4v) is 6.80. The maximum atomic E-state index is 13.5. The summed E-state index contributed by atoms with van der Waals surface area (Å²) >= 11 is 0. The van der Waals surface area contributed by atoms with Crippen LogP contribution >= 0.6 is 0 Å². The van der Waals surface area contributed by atoms with Crippen LogP contribution in [0.25, 0.3) is 86.7 Å². The molecule has 9 aromatic rings. The Kier molecular flexibility index (Phi) is 6.33. The van der Waals surface area contributed by atoms with Crippen molar-refractivity contribution in [1.82, 2.24) is 19.9 Å². The maximum Gasteiger partial charge on any atom is 0.323 e. The van der Waals surface area contributed by atoms with E-state index in [0.717, 1.165) is 64.6 Å². The van der Waals surface area contributed by atoms with E-state index in [1.54, 1.807) is 0 Å². The van der Waals surface area contributed by atoms with Crippen LogP contribution in [-0.4, -0.2) is 19.9 Å². The van der Waals surface area contributed by atoms with Crippen molar-refractivity contribution >= 4 is 86.7 Å². The first kappa shape index (κ1) is 27.6. The standard InChI is InChI=1S/C42H28N4O2/c47-41-43-37-9-1-5-25-13-17-29(21-33(25)37)30-18-14-27-7-3-11-39(35(27)22-30)45-42(48)46-40-12-4-8-28-16-20-32(24-36(28)40)31-19-15-26-6-2-10-38(44-41)34(26)23-31/h1-24H,(H2,43,44,47)(H2,45,46,48). The Labute approximate surface area is 272 Å². The SMILES string of the molecule is O=c1[nH]c2cccc3ccc(cc32)c2ccc3cccc([nH]c(=O)[nH]c4cccc5ccc(cc54)c4ccc5cccc([nH]1)c5c4)c3c2. The molecule has 9 rings (SSSR count). The van der Waals surface area contributed by atoms with Gasteiger partial charge in [-0.05, 0) is 91.6 Å². The summed E-state index contributed by atoms with van der Waals surface area (Å²) < 4.78 is 0. The summed E-state index contributed by atoms with van der Waals surface area (Å²) in [5.41, 5.74) is 2.20. The lowest BCUT2D eigenvalue weighted by Gasteiger charge is -2.04. The van der Waals surface area contributed by atoms with Crippen LogP contribution in [0.4, 0.5) is 0 Å². The predicted molar refractivity (Wildman–Crippen MR) is 201 cm³/mol. The van der Waals surface area contributed by atoms with Crippen LogP contribution in [-0.2, 0) is 0 Å². The van der Waals surface area contributed by atoms with Crippen molar-refractivity contribution in [2.45, 2.75) is 0 Å². The monoisotopic (exact) mass is 620 g/mol. The Balaban J connectivity index is 1.47. The number of aromatic amines is 4. The summed E-state index contributed by atoms with van der Waals surface area (Å²) in [6.07, 6.45) is 0. The van der Waals surface area contributed by atoms with Gasteiger partial charge in [0.25, 0.3) is 0 Å². The molecule has 0 aliphatic heterocycles. The largest absolute Gasteiger partial charge is 0.323 e. The summed E-state index contributed by atoms with van der Waals surface area (Å²) in [6.45, 7) is 0. The van der Waals surface area contributed by atoms with Crippen LogP contribution in [0.5, 0.6) is 0 Å². The van der Waals surface area contributed by atoms with Gasteiger partial charge in [0.2, 0.25) is 0 Å². The molecule has 48 heavy (non-hydrogen) atoms. The zero-order valence-electron chi connectivity index (χ0n) is 25.7. The molecule has 6 heteroatoms. The van der Waals surface area contributed by atoms with Gasteiger partial charge in [-0.2, -0.15) is 0 Å². The number of benzene rings is 8. The lowest BCUT2D eigenvalue weighted by Crippen LogP contribution is -2.06. The predicted octanol–water partition coefficient (Wildman–Crippen LogP) is 9.76. The Morgan fingerprint density at radius 3 is 0.750 bits per heavy atom. The minimum Gasteiger partial charge on any atom is -0.307 e. The summed E-state index contributed by atoms with van der Waals surface area (Å²) in [6, 6.07) is 48.6. The lowest BCUT2D eigenvalue weighted by molar-refractivity contribution is 1.16. The summed E-state index contributed by atoms with van der Waals surface area (Å²) in [7, 11) is 0. The fourth-order valence-electron chi connectivity index (χ4n) is 6.80. The van der Waals surface area contributed by atoms with Crippen molar-refractivity contribution in [3.05, 3.63) is 167 Å². The fraction of sp³-hybridized carbons (Fsp3) is 0. The smallest absolute Gasteiger partial charge is 0.307 e. The van der Waals surface area contributed by atoms with E-state index in [2.05, 4.69) is 92.7 Å². The molecular formula is C42H28N4O2. The third-order valence-electron chi connectivity index (χ3n) is 9.19. The molecule has 0 aliphatic carbocycles. The van der Waals surface area contributed by atoms with E-state index < -0.39 is 0 Å². The Morgan fingerprint density at radius 1 is 0.271 bits per heavy atom. The highest BCUT2D eigenvalue weighted by Crippen LogP contribution is 2.28. The second-order valence-electron chi connectivity index (χ2n) is 12.1. The van der Waals surface area contributed by atoms with E-state index in [0.29, 0.717) is 22.1 Å². The second kappa shape index (κ2) is 11.0. The van der Waals surface area contributed by atoms with E-state index in [1.165, 1.54) is 0 Å². The van der Waals surface area contributed by atoms with Crippen LogP contribution in [0, 0.1) is 0 Å². The summed E-state index contributed by atoms with van der Waals surface area (Å²) in [5, 5.41) is 11.7. The molecule has 0 saturated carbocycles. The molecule has 0 unspecified atom stereocenters. The van der Waals surface area contributed by atoms with Gasteiger partial charge >= 0.3 is 11.4 Å². The molecule has 8 aromatic carbocycles. The highest BCUT2D eigenvalue weighted by molar-refractivity contribution is 6.07. The van der Waals surface area contributed by atoms with Gasteiger partial charge in [0.15, 0.2) is 0 Å². The molecule has 6 nitrogen and oxygen atoms in total. The molecule has 0 aliphatic rings. The van der Waals surface area contributed by atoms with Crippen LogP contribution in [0.15, 0.2) is 155 Å². The van der Waals surface area contributed by atoms with E-state index in [1.807, 2.05) is 72.8 Å². The summed E-state index contributed by atoms with van der Waals surface area (Å²) in [4.78, 5) is 39.5. The average Bonchev–Trinajstić information content (AvgIpc) is 3.11. The van der Waals surface area contributed by atoms with Gasteiger partial charge in [-0.3, -0.25) is 0 Å². The molecule has 0 radical (unpaired) electrons. The van der Waals surface area contributed by atoms with Crippen LogP contribution < -0.4 is 11.4 Å². The van der Waals surface area contributed by atoms with E-state index in [4.69, 9.17) is 0 Å². The lowest BCUT2D eigenvalue weighted by atomic mass is 10.0. The first-order valence-corrected chi connectivity index (χ1v) is 15.8. The van der Waals surface area contributed by atoms with Gasteiger partial charge in [-0.25, -0.2) is 9.59 Å². The number of hydrogen-bond donors (Lipinski definition) is 4. The van der Waals surface area contributed by atoms with Crippen LogP contribution in [0.3, 0.4) is 0 Å². The van der Waals surface area contributed by atoms with Crippen LogP contribution in [0.2, 0.25) is 0 Å². The number of nitrogens with one attached hydrogen (secondary N) is 4.